The molecule has 2 N–H and O–H groups in total. The third kappa shape index (κ3) is 4.66. The number of thiophene rings is 1. The van der Waals surface area contributed by atoms with Gasteiger partial charge in [-0.05, 0) is 81.3 Å². The maximum atomic E-state index is 13.1. The van der Waals surface area contributed by atoms with E-state index in [1.54, 1.807) is 23.5 Å². The molecule has 1 fully saturated rings. The zero-order valence-electron chi connectivity index (χ0n) is 19.7. The van der Waals surface area contributed by atoms with E-state index in [1.165, 1.54) is 22.6 Å². The van der Waals surface area contributed by atoms with Crippen LogP contribution in [0.15, 0.2) is 29.1 Å². The Balaban J connectivity index is 1.21. The molecule has 180 valence electrons. The molecule has 0 saturated carbocycles. The summed E-state index contributed by atoms with van der Waals surface area (Å²) < 4.78 is 13.1. The standard InChI is InChI=1S/C26H31FN4O2S/c1-15-3-8-20-21(13-15)34-26-22(20)25(33)29-23(30-26)16(2)31-11-9-18(10-12-31)24(32)28-14-17-4-6-19(27)7-5-17/h4-7,15-16,18H,3,8-14H2,1-2H3,(H,28,32)(H,29,30,33). The van der Waals surface area contributed by atoms with Crippen molar-refractivity contribution in [2.24, 2.45) is 11.8 Å². The van der Waals surface area contributed by atoms with E-state index in [1.807, 2.05) is 0 Å². The van der Waals surface area contributed by atoms with Gasteiger partial charge in [-0.2, -0.15) is 0 Å². The van der Waals surface area contributed by atoms with E-state index in [2.05, 4.69) is 29.0 Å². The SMILES string of the molecule is CC1CCc2c(sc3nc(C(C)N4CCC(C(=O)NCc5ccc(F)cc5)CC4)[nH]c(=O)c23)C1. The van der Waals surface area contributed by atoms with Crippen molar-refractivity contribution in [3.05, 3.63) is 62.3 Å². The number of amides is 1. The second kappa shape index (κ2) is 9.58. The van der Waals surface area contributed by atoms with Gasteiger partial charge in [0.15, 0.2) is 0 Å². The summed E-state index contributed by atoms with van der Waals surface area (Å²) >= 11 is 1.68. The maximum Gasteiger partial charge on any atom is 0.259 e. The van der Waals surface area contributed by atoms with Crippen LogP contribution in [-0.4, -0.2) is 33.9 Å². The zero-order valence-corrected chi connectivity index (χ0v) is 20.5. The minimum absolute atomic E-state index is 0.0154. The Labute approximate surface area is 202 Å². The molecule has 3 heterocycles. The van der Waals surface area contributed by atoms with Gasteiger partial charge < -0.3 is 10.3 Å². The number of nitrogens with zero attached hydrogens (tertiary/aromatic N) is 2. The normalized spacial score (nSPS) is 20.3. The molecule has 1 saturated heterocycles. The second-order valence-corrected chi connectivity index (χ2v) is 10.9. The average Bonchev–Trinajstić information content (AvgIpc) is 3.21. The van der Waals surface area contributed by atoms with Crippen LogP contribution in [0.4, 0.5) is 4.39 Å². The van der Waals surface area contributed by atoms with Crippen LogP contribution in [0.2, 0.25) is 0 Å². The number of aromatic nitrogens is 2. The Hall–Kier alpha value is -2.58. The summed E-state index contributed by atoms with van der Waals surface area (Å²) in [5.74, 6) is 1.10. The Morgan fingerprint density at radius 1 is 1.26 bits per heavy atom. The molecule has 1 aliphatic heterocycles. The van der Waals surface area contributed by atoms with Crippen molar-refractivity contribution >= 4 is 27.5 Å². The molecule has 0 radical (unpaired) electrons. The number of rotatable bonds is 5. The van der Waals surface area contributed by atoms with Gasteiger partial charge in [0.2, 0.25) is 5.91 Å². The molecule has 2 atom stereocenters. The number of hydrogen-bond acceptors (Lipinski definition) is 5. The zero-order chi connectivity index (χ0) is 23.8. The van der Waals surface area contributed by atoms with E-state index >= 15 is 0 Å². The first-order chi connectivity index (χ1) is 16.4. The van der Waals surface area contributed by atoms with Crippen molar-refractivity contribution in [3.63, 3.8) is 0 Å². The topological polar surface area (TPSA) is 78.1 Å². The smallest absolute Gasteiger partial charge is 0.259 e. The molecule has 0 spiro atoms. The average molecular weight is 483 g/mol. The predicted molar refractivity (Wildman–Crippen MR) is 132 cm³/mol. The molecular formula is C26H31FN4O2S. The fourth-order valence-electron chi connectivity index (χ4n) is 5.22. The first kappa shape index (κ1) is 23.2. The Kier molecular flexibility index (Phi) is 6.53. The number of aryl methyl sites for hydroxylation is 1. The van der Waals surface area contributed by atoms with Crippen LogP contribution in [0.5, 0.6) is 0 Å². The van der Waals surface area contributed by atoms with Crippen LogP contribution in [0, 0.1) is 17.7 Å². The molecule has 1 aromatic carbocycles. The van der Waals surface area contributed by atoms with Crippen LogP contribution in [0.1, 0.15) is 61.0 Å². The molecule has 34 heavy (non-hydrogen) atoms. The third-order valence-corrected chi connectivity index (χ3v) is 8.56. The lowest BCUT2D eigenvalue weighted by atomic mass is 9.89. The number of fused-ring (bicyclic) bond motifs is 3. The summed E-state index contributed by atoms with van der Waals surface area (Å²) in [6, 6.07) is 6.18. The Bertz CT molecular complexity index is 1240. The fraction of sp³-hybridized carbons (Fsp3) is 0.500. The van der Waals surface area contributed by atoms with Crippen LogP contribution in [-0.2, 0) is 24.2 Å². The van der Waals surface area contributed by atoms with Crippen molar-refractivity contribution in [2.75, 3.05) is 13.1 Å². The first-order valence-electron chi connectivity index (χ1n) is 12.2. The number of piperidine rings is 1. The van der Waals surface area contributed by atoms with E-state index in [9.17, 15) is 14.0 Å². The summed E-state index contributed by atoms with van der Waals surface area (Å²) in [7, 11) is 0. The van der Waals surface area contributed by atoms with Crippen molar-refractivity contribution in [2.45, 2.75) is 58.5 Å². The van der Waals surface area contributed by atoms with Crippen molar-refractivity contribution in [3.8, 4) is 0 Å². The summed E-state index contributed by atoms with van der Waals surface area (Å²) in [6.45, 7) is 6.30. The molecule has 1 amide bonds. The van der Waals surface area contributed by atoms with Gasteiger partial charge in [0.1, 0.15) is 16.5 Å². The van der Waals surface area contributed by atoms with Gasteiger partial charge in [0.25, 0.3) is 5.56 Å². The van der Waals surface area contributed by atoms with Crippen LogP contribution >= 0.6 is 11.3 Å². The Morgan fingerprint density at radius 3 is 2.74 bits per heavy atom. The van der Waals surface area contributed by atoms with Crippen LogP contribution < -0.4 is 10.9 Å². The Morgan fingerprint density at radius 2 is 2.00 bits per heavy atom. The highest BCUT2D eigenvalue weighted by molar-refractivity contribution is 7.18. The van der Waals surface area contributed by atoms with Gasteiger partial charge in [0.05, 0.1) is 11.4 Å². The van der Waals surface area contributed by atoms with Crippen molar-refractivity contribution in [1.82, 2.24) is 20.2 Å². The quantitative estimate of drug-likeness (QED) is 0.567. The number of likely N-dealkylation sites (tertiary alicyclic amines) is 1. The van der Waals surface area contributed by atoms with Crippen LogP contribution in [0.3, 0.4) is 0 Å². The second-order valence-electron chi connectivity index (χ2n) is 9.81. The van der Waals surface area contributed by atoms with E-state index < -0.39 is 0 Å². The third-order valence-electron chi connectivity index (χ3n) is 7.41. The molecule has 2 aromatic heterocycles. The molecule has 2 aliphatic rings. The fourth-order valence-corrected chi connectivity index (χ4v) is 6.61. The van der Waals surface area contributed by atoms with Crippen molar-refractivity contribution < 1.29 is 9.18 Å². The maximum absolute atomic E-state index is 13.1. The molecule has 8 heteroatoms. The predicted octanol–water partition coefficient (Wildman–Crippen LogP) is 4.34. The number of benzene rings is 1. The highest BCUT2D eigenvalue weighted by Crippen LogP contribution is 2.36. The number of nitrogens with one attached hydrogen (secondary N) is 2. The van der Waals surface area contributed by atoms with E-state index in [0.29, 0.717) is 18.3 Å². The molecule has 5 rings (SSSR count). The lowest BCUT2D eigenvalue weighted by molar-refractivity contribution is -0.126. The lowest BCUT2D eigenvalue weighted by Crippen LogP contribution is -2.41. The molecule has 2 unspecified atom stereocenters. The first-order valence-corrected chi connectivity index (χ1v) is 13.0. The highest BCUT2D eigenvalue weighted by Gasteiger charge is 2.29. The van der Waals surface area contributed by atoms with E-state index in [-0.39, 0.29) is 29.2 Å². The van der Waals surface area contributed by atoms with Crippen LogP contribution in [0.25, 0.3) is 10.2 Å². The summed E-state index contributed by atoms with van der Waals surface area (Å²) in [5, 5.41) is 3.77. The molecule has 1 aliphatic carbocycles. The molecule has 6 nitrogen and oxygen atoms in total. The van der Waals surface area contributed by atoms with Gasteiger partial charge in [-0.25, -0.2) is 9.37 Å². The van der Waals surface area contributed by atoms with E-state index in [0.717, 1.165) is 61.0 Å². The van der Waals surface area contributed by atoms with Gasteiger partial charge >= 0.3 is 0 Å². The summed E-state index contributed by atoms with van der Waals surface area (Å²) in [4.78, 5) is 38.0. The van der Waals surface area contributed by atoms with Gasteiger partial charge in [-0.3, -0.25) is 14.5 Å². The van der Waals surface area contributed by atoms with Gasteiger partial charge in [-0.15, -0.1) is 11.3 Å². The van der Waals surface area contributed by atoms with Gasteiger partial charge in [-0.1, -0.05) is 19.1 Å². The number of aromatic amines is 1. The number of halogens is 1. The number of H-pyrrole nitrogens is 1. The summed E-state index contributed by atoms with van der Waals surface area (Å²) in [5.41, 5.74) is 2.07. The number of hydrogen-bond donors (Lipinski definition) is 2. The van der Waals surface area contributed by atoms with Gasteiger partial charge in [0, 0.05) is 17.3 Å². The number of carbonyl (C=O) groups excluding carboxylic acids is 1. The minimum Gasteiger partial charge on any atom is -0.352 e. The molecular weight excluding hydrogens is 451 g/mol. The summed E-state index contributed by atoms with van der Waals surface area (Å²) in [6.07, 6.45) is 4.65. The highest BCUT2D eigenvalue weighted by atomic mass is 32.1. The van der Waals surface area contributed by atoms with E-state index in [4.69, 9.17) is 4.98 Å². The molecule has 3 aromatic rings. The molecule has 0 bridgehead atoms. The lowest BCUT2D eigenvalue weighted by Gasteiger charge is -2.35. The number of carbonyl (C=O) groups is 1. The van der Waals surface area contributed by atoms with Crippen molar-refractivity contribution in [1.29, 1.82) is 0 Å². The monoisotopic (exact) mass is 482 g/mol. The largest absolute Gasteiger partial charge is 0.352 e. The minimum atomic E-state index is -0.278.